The van der Waals surface area contributed by atoms with Gasteiger partial charge < -0.3 is 9.47 Å². The molecule has 1 heterocycles. The second-order valence-corrected chi connectivity index (χ2v) is 8.32. The average Bonchev–Trinajstić information content (AvgIpc) is 2.94. The maximum Gasteiger partial charge on any atom is 0.341 e. The molecule has 0 saturated heterocycles. The van der Waals surface area contributed by atoms with E-state index in [1.165, 1.54) is 30.3 Å². The van der Waals surface area contributed by atoms with Gasteiger partial charge in [0.2, 0.25) is 0 Å². The molecule has 2 aromatic rings. The monoisotopic (exact) mass is 443 g/mol. The molecule has 0 fully saturated rings. The van der Waals surface area contributed by atoms with E-state index >= 15 is 0 Å². The Kier molecular flexibility index (Phi) is 6.55. The van der Waals surface area contributed by atoms with E-state index in [9.17, 15) is 22.8 Å². The fraction of sp³-hybridized carbons (Fsp3) is 0.227. The van der Waals surface area contributed by atoms with Crippen LogP contribution in [0.1, 0.15) is 29.8 Å². The van der Waals surface area contributed by atoms with Crippen molar-refractivity contribution in [2.24, 2.45) is 0 Å². The average molecular weight is 443 g/mol. The standard InChI is InChI=1S/C22H21NO7S/c1-3-29-19-11-7-5-9-15(19)13-17(22(26)30-4-2)18(24)14-23-21(25)16-10-6-8-12-20(16)31(23,27)28/h5-13H,3-4,14H2,1-2H3/b17-13-. The van der Waals surface area contributed by atoms with Crippen molar-refractivity contribution >= 4 is 33.8 Å². The number of ether oxygens (including phenoxy) is 2. The minimum Gasteiger partial charge on any atom is -0.493 e. The van der Waals surface area contributed by atoms with Crippen LogP contribution >= 0.6 is 0 Å². The number of esters is 1. The molecule has 0 aromatic heterocycles. The van der Waals surface area contributed by atoms with Gasteiger partial charge in [-0.3, -0.25) is 9.59 Å². The van der Waals surface area contributed by atoms with Gasteiger partial charge in [-0.25, -0.2) is 17.5 Å². The van der Waals surface area contributed by atoms with Gasteiger partial charge in [0.05, 0.1) is 18.8 Å². The van der Waals surface area contributed by atoms with Crippen LogP contribution in [-0.4, -0.2) is 50.1 Å². The number of carbonyl (C=O) groups is 3. The fourth-order valence-electron chi connectivity index (χ4n) is 3.11. The van der Waals surface area contributed by atoms with Crippen molar-refractivity contribution in [3.05, 3.63) is 65.2 Å². The number of sulfonamides is 1. The number of amides is 1. The molecule has 31 heavy (non-hydrogen) atoms. The molecule has 0 aliphatic carbocycles. The number of nitrogens with zero attached hydrogens (tertiary/aromatic N) is 1. The van der Waals surface area contributed by atoms with Crippen LogP contribution in [0.2, 0.25) is 0 Å². The topological polar surface area (TPSA) is 107 Å². The third-order valence-electron chi connectivity index (χ3n) is 4.51. The molecule has 1 aliphatic heterocycles. The first kappa shape index (κ1) is 22.2. The normalized spacial score (nSPS) is 14.8. The van der Waals surface area contributed by atoms with Crippen LogP contribution < -0.4 is 4.74 Å². The summed E-state index contributed by atoms with van der Waals surface area (Å²) in [4.78, 5) is 37.9. The van der Waals surface area contributed by atoms with Crippen molar-refractivity contribution in [1.29, 1.82) is 0 Å². The summed E-state index contributed by atoms with van der Waals surface area (Å²) in [5.74, 6) is -2.16. The predicted molar refractivity (Wildman–Crippen MR) is 112 cm³/mol. The summed E-state index contributed by atoms with van der Waals surface area (Å²) < 4.78 is 36.5. The van der Waals surface area contributed by atoms with E-state index in [1.807, 2.05) is 0 Å². The number of fused-ring (bicyclic) bond motifs is 1. The first-order valence-corrected chi connectivity index (χ1v) is 11.0. The van der Waals surface area contributed by atoms with Crippen LogP contribution in [0.5, 0.6) is 5.75 Å². The zero-order valence-electron chi connectivity index (χ0n) is 17.0. The summed E-state index contributed by atoms with van der Waals surface area (Å²) in [5.41, 5.74) is 0.0475. The first-order chi connectivity index (χ1) is 14.8. The van der Waals surface area contributed by atoms with Crippen LogP contribution in [0.4, 0.5) is 0 Å². The lowest BCUT2D eigenvalue weighted by molar-refractivity contribution is -0.139. The number of hydrogen-bond donors (Lipinski definition) is 0. The third-order valence-corrected chi connectivity index (χ3v) is 6.30. The third kappa shape index (κ3) is 4.36. The Hall–Kier alpha value is -3.46. The number of rotatable bonds is 8. The Morgan fingerprint density at radius 1 is 1.00 bits per heavy atom. The van der Waals surface area contributed by atoms with E-state index in [-0.39, 0.29) is 22.6 Å². The largest absolute Gasteiger partial charge is 0.493 e. The highest BCUT2D eigenvalue weighted by molar-refractivity contribution is 7.90. The van der Waals surface area contributed by atoms with Crippen molar-refractivity contribution in [1.82, 2.24) is 4.31 Å². The van der Waals surface area contributed by atoms with Crippen molar-refractivity contribution in [3.63, 3.8) is 0 Å². The number of ketones is 1. The smallest absolute Gasteiger partial charge is 0.341 e. The minimum atomic E-state index is -4.19. The van der Waals surface area contributed by atoms with E-state index in [2.05, 4.69) is 0 Å². The second kappa shape index (κ2) is 9.13. The number of carbonyl (C=O) groups excluding carboxylic acids is 3. The molecule has 0 atom stereocenters. The van der Waals surface area contributed by atoms with E-state index in [4.69, 9.17) is 9.47 Å². The van der Waals surface area contributed by atoms with E-state index in [1.54, 1.807) is 38.1 Å². The Bertz CT molecular complexity index is 1170. The molecule has 0 saturated carbocycles. The molecule has 0 unspecified atom stereocenters. The molecule has 162 valence electrons. The number of para-hydroxylation sites is 1. The van der Waals surface area contributed by atoms with Crippen LogP contribution in [-0.2, 0) is 24.3 Å². The van der Waals surface area contributed by atoms with Crippen LogP contribution in [0.3, 0.4) is 0 Å². The van der Waals surface area contributed by atoms with Gasteiger partial charge in [0.25, 0.3) is 15.9 Å². The van der Waals surface area contributed by atoms with Crippen molar-refractivity contribution in [2.75, 3.05) is 19.8 Å². The molecular formula is C22H21NO7S. The number of hydrogen-bond acceptors (Lipinski definition) is 7. The molecule has 9 heteroatoms. The molecule has 0 spiro atoms. The van der Waals surface area contributed by atoms with E-state index in [0.717, 1.165) is 0 Å². The summed E-state index contributed by atoms with van der Waals surface area (Å²) in [7, 11) is -4.19. The molecular weight excluding hydrogens is 422 g/mol. The van der Waals surface area contributed by atoms with Gasteiger partial charge in [-0.1, -0.05) is 30.3 Å². The minimum absolute atomic E-state index is 0.0151. The molecule has 0 N–H and O–H groups in total. The maximum absolute atomic E-state index is 13.0. The quantitative estimate of drug-likeness (QED) is 0.267. The first-order valence-electron chi connectivity index (χ1n) is 9.61. The lowest BCUT2D eigenvalue weighted by atomic mass is 10.1. The maximum atomic E-state index is 13.0. The fourth-order valence-corrected chi connectivity index (χ4v) is 4.63. The highest BCUT2D eigenvalue weighted by Crippen LogP contribution is 2.30. The lowest BCUT2D eigenvalue weighted by Crippen LogP contribution is -2.36. The Labute approximate surface area is 180 Å². The Balaban J connectivity index is 1.98. The zero-order chi connectivity index (χ0) is 22.6. The van der Waals surface area contributed by atoms with Crippen molar-refractivity contribution in [3.8, 4) is 5.75 Å². The summed E-state index contributed by atoms with van der Waals surface area (Å²) >= 11 is 0. The highest BCUT2D eigenvalue weighted by atomic mass is 32.2. The second-order valence-electron chi connectivity index (χ2n) is 6.49. The molecule has 2 aromatic carbocycles. The predicted octanol–water partition coefficient (Wildman–Crippen LogP) is 2.45. The molecule has 8 nitrogen and oxygen atoms in total. The van der Waals surface area contributed by atoms with Crippen molar-refractivity contribution < 1.29 is 32.3 Å². The summed E-state index contributed by atoms with van der Waals surface area (Å²) in [6.45, 7) is 2.94. The lowest BCUT2D eigenvalue weighted by Gasteiger charge is -2.15. The number of benzene rings is 2. The van der Waals surface area contributed by atoms with Crippen LogP contribution in [0.25, 0.3) is 6.08 Å². The Morgan fingerprint density at radius 2 is 1.68 bits per heavy atom. The van der Waals surface area contributed by atoms with Gasteiger partial charge in [-0.15, -0.1) is 0 Å². The van der Waals surface area contributed by atoms with Gasteiger partial charge in [0.15, 0.2) is 5.78 Å². The van der Waals surface area contributed by atoms with Gasteiger partial charge in [0.1, 0.15) is 22.8 Å². The summed E-state index contributed by atoms with van der Waals surface area (Å²) in [6.07, 6.45) is 1.28. The van der Waals surface area contributed by atoms with Crippen LogP contribution in [0.15, 0.2) is 59.0 Å². The molecule has 0 bridgehead atoms. The summed E-state index contributed by atoms with van der Waals surface area (Å²) in [5, 5.41) is 0. The van der Waals surface area contributed by atoms with Gasteiger partial charge in [0, 0.05) is 5.56 Å². The van der Waals surface area contributed by atoms with Gasteiger partial charge in [-0.05, 0) is 38.1 Å². The van der Waals surface area contributed by atoms with Crippen molar-refractivity contribution in [2.45, 2.75) is 18.7 Å². The molecule has 3 rings (SSSR count). The van der Waals surface area contributed by atoms with Gasteiger partial charge in [-0.2, -0.15) is 0 Å². The SMILES string of the molecule is CCOC(=O)/C(=C\c1ccccc1OCC)C(=O)CN1C(=O)c2ccccc2S1(=O)=O. The summed E-state index contributed by atoms with van der Waals surface area (Å²) in [6, 6.07) is 12.5. The van der Waals surface area contributed by atoms with E-state index in [0.29, 0.717) is 22.2 Å². The van der Waals surface area contributed by atoms with E-state index < -0.39 is 34.2 Å². The van der Waals surface area contributed by atoms with Gasteiger partial charge >= 0.3 is 5.97 Å². The molecule has 0 radical (unpaired) electrons. The molecule has 1 amide bonds. The van der Waals surface area contributed by atoms with Crippen LogP contribution in [0, 0.1) is 0 Å². The Morgan fingerprint density at radius 3 is 2.35 bits per heavy atom. The number of Topliss-reactive ketones (excluding diaryl/α,β-unsaturated/α-hetero) is 1. The molecule has 1 aliphatic rings. The zero-order valence-corrected chi connectivity index (χ0v) is 17.8. The highest BCUT2D eigenvalue weighted by Gasteiger charge is 2.42.